The summed E-state index contributed by atoms with van der Waals surface area (Å²) < 4.78 is 38.6. The number of rotatable bonds is 9. The maximum Gasteiger partial charge on any atom is 0.169 e. The summed E-state index contributed by atoms with van der Waals surface area (Å²) in [6, 6.07) is 16.9. The van der Waals surface area contributed by atoms with Crippen LogP contribution in [0.5, 0.6) is 5.75 Å². The van der Waals surface area contributed by atoms with Gasteiger partial charge in [0.25, 0.3) is 0 Å². The Morgan fingerprint density at radius 1 is 0.969 bits per heavy atom. The van der Waals surface area contributed by atoms with E-state index in [9.17, 15) is 13.6 Å². The van der Waals surface area contributed by atoms with Gasteiger partial charge in [0.2, 0.25) is 0 Å². The van der Waals surface area contributed by atoms with E-state index in [2.05, 4.69) is 4.98 Å². The molecule has 0 unspecified atom stereocenters. The van der Waals surface area contributed by atoms with Crippen molar-refractivity contribution in [1.82, 2.24) is 4.98 Å². The number of carbonyl (C=O) groups excluding carboxylic acids is 1. The average molecular weight is 456 g/mol. The second kappa shape index (κ2) is 9.94. The van der Waals surface area contributed by atoms with Crippen LogP contribution in [0.3, 0.4) is 0 Å². The van der Waals surface area contributed by atoms with Crippen LogP contribution in [-0.2, 0) is 17.8 Å². The van der Waals surface area contributed by atoms with Crippen LogP contribution in [0.4, 0.5) is 8.78 Å². The molecule has 0 saturated carbocycles. The van der Waals surface area contributed by atoms with Crippen molar-refractivity contribution >= 4 is 28.3 Å². The number of benzene rings is 3. The summed E-state index contributed by atoms with van der Waals surface area (Å²) >= 11 is 6.11. The molecule has 0 aliphatic heterocycles. The first kappa shape index (κ1) is 22.0. The molecule has 1 N–H and O–H groups in total. The number of fused-ring (bicyclic) bond motifs is 1. The number of halogens is 3. The molecule has 1 heterocycles. The highest BCUT2D eigenvalue weighted by molar-refractivity contribution is 6.30. The molecule has 4 aromatic rings. The third-order valence-electron chi connectivity index (χ3n) is 5.00. The molecule has 3 aromatic carbocycles. The number of hydrogen-bond donors (Lipinski definition) is 1. The lowest BCUT2D eigenvalue weighted by Gasteiger charge is -2.12. The third-order valence-corrected chi connectivity index (χ3v) is 5.24. The average Bonchev–Trinajstić information content (AvgIpc) is 3.19. The number of Topliss-reactive ketones (excluding diaryl/α,β-unsaturated/α-hetero) is 1. The van der Waals surface area contributed by atoms with E-state index >= 15 is 0 Å². The van der Waals surface area contributed by atoms with Crippen molar-refractivity contribution < 1.29 is 23.0 Å². The van der Waals surface area contributed by atoms with E-state index in [4.69, 9.17) is 21.1 Å². The summed E-state index contributed by atoms with van der Waals surface area (Å²) in [5.74, 6) is -1.75. The molecule has 4 rings (SSSR count). The van der Waals surface area contributed by atoms with Crippen molar-refractivity contribution in [1.29, 1.82) is 0 Å². The molecular formula is C25H20ClF2NO3. The Balaban J connectivity index is 1.42. The van der Waals surface area contributed by atoms with Gasteiger partial charge in [-0.15, -0.1) is 0 Å². The largest absolute Gasteiger partial charge is 0.491 e. The fourth-order valence-electron chi connectivity index (χ4n) is 3.40. The van der Waals surface area contributed by atoms with Crippen LogP contribution in [-0.4, -0.2) is 24.0 Å². The first-order valence-corrected chi connectivity index (χ1v) is 10.4. The number of ketones is 1. The lowest BCUT2D eigenvalue weighted by Crippen LogP contribution is -2.10. The normalized spacial score (nSPS) is 11.1. The van der Waals surface area contributed by atoms with E-state index in [1.54, 1.807) is 18.2 Å². The Labute approximate surface area is 188 Å². The zero-order valence-corrected chi connectivity index (χ0v) is 17.8. The number of hydrogen-bond acceptors (Lipinski definition) is 3. The fourth-order valence-corrected chi connectivity index (χ4v) is 3.56. The maximum atomic E-state index is 13.7. The number of nitrogens with one attached hydrogen (secondary N) is 1. The van der Waals surface area contributed by atoms with Gasteiger partial charge in [0.05, 0.1) is 13.2 Å². The van der Waals surface area contributed by atoms with Crippen LogP contribution < -0.4 is 4.74 Å². The van der Waals surface area contributed by atoms with Gasteiger partial charge in [0.1, 0.15) is 12.4 Å². The first-order chi connectivity index (χ1) is 15.5. The van der Waals surface area contributed by atoms with Crippen LogP contribution in [0.1, 0.15) is 21.5 Å². The van der Waals surface area contributed by atoms with Crippen LogP contribution >= 0.6 is 11.6 Å². The van der Waals surface area contributed by atoms with Crippen LogP contribution in [0.25, 0.3) is 10.9 Å². The van der Waals surface area contributed by atoms with Crippen LogP contribution in [0.15, 0.2) is 66.9 Å². The minimum atomic E-state index is -1.00. The molecule has 32 heavy (non-hydrogen) atoms. The van der Waals surface area contributed by atoms with Gasteiger partial charge in [-0.2, -0.15) is 0 Å². The second-order valence-electron chi connectivity index (χ2n) is 7.25. The van der Waals surface area contributed by atoms with Gasteiger partial charge in [0.15, 0.2) is 17.4 Å². The standard InChI is InChI=1S/C25H20ClF2NO3/c26-18-7-6-17(25(11-18)32-9-8-31-15-16-4-2-1-3-5-16)10-24(30)20-14-29-23-13-22(28)21(27)12-19(20)23/h1-7,11-14,29H,8-10,15H2. The molecule has 4 nitrogen and oxygen atoms in total. The lowest BCUT2D eigenvalue weighted by atomic mass is 10.0. The van der Waals surface area contributed by atoms with Gasteiger partial charge in [0, 0.05) is 45.7 Å². The Bertz CT molecular complexity index is 1240. The molecule has 7 heteroatoms. The molecule has 164 valence electrons. The SMILES string of the molecule is O=C(Cc1ccc(Cl)cc1OCCOCc1ccccc1)c1c[nH]c2cc(F)c(F)cc12. The molecule has 0 radical (unpaired) electrons. The predicted octanol–water partition coefficient (Wildman–Crippen LogP) is 6.12. The smallest absolute Gasteiger partial charge is 0.169 e. The zero-order valence-electron chi connectivity index (χ0n) is 17.0. The molecular weight excluding hydrogens is 436 g/mol. The number of ether oxygens (including phenoxy) is 2. The van der Waals surface area contributed by atoms with Crippen LogP contribution in [0, 0.1) is 11.6 Å². The molecule has 1 aromatic heterocycles. The second-order valence-corrected chi connectivity index (χ2v) is 7.69. The lowest BCUT2D eigenvalue weighted by molar-refractivity contribution is 0.0883. The summed E-state index contributed by atoms with van der Waals surface area (Å²) in [4.78, 5) is 15.7. The van der Waals surface area contributed by atoms with E-state index < -0.39 is 11.6 Å². The highest BCUT2D eigenvalue weighted by Crippen LogP contribution is 2.27. The molecule has 0 bridgehead atoms. The van der Waals surface area contributed by atoms with Gasteiger partial charge in [-0.05, 0) is 23.8 Å². The Kier molecular flexibility index (Phi) is 6.83. The van der Waals surface area contributed by atoms with Crippen LogP contribution in [0.2, 0.25) is 5.02 Å². The number of aromatic amines is 1. The van der Waals surface area contributed by atoms with Gasteiger partial charge in [-0.25, -0.2) is 8.78 Å². The summed E-state index contributed by atoms with van der Waals surface area (Å²) in [6.45, 7) is 1.12. The fraction of sp³-hybridized carbons (Fsp3) is 0.160. The van der Waals surface area contributed by atoms with E-state index in [1.807, 2.05) is 30.3 Å². The topological polar surface area (TPSA) is 51.3 Å². The summed E-state index contributed by atoms with van der Waals surface area (Å²) in [6.07, 6.45) is 1.48. The summed E-state index contributed by atoms with van der Waals surface area (Å²) in [5, 5.41) is 0.811. The van der Waals surface area contributed by atoms with Gasteiger partial charge in [-0.3, -0.25) is 4.79 Å². The molecule has 0 spiro atoms. The third kappa shape index (κ3) is 5.15. The minimum Gasteiger partial charge on any atom is -0.491 e. The zero-order chi connectivity index (χ0) is 22.5. The Morgan fingerprint density at radius 3 is 2.56 bits per heavy atom. The Hall–Kier alpha value is -3.22. The van der Waals surface area contributed by atoms with Crippen molar-refractivity contribution in [3.8, 4) is 5.75 Å². The van der Waals surface area contributed by atoms with E-state index in [0.717, 1.165) is 17.7 Å². The highest BCUT2D eigenvalue weighted by atomic mass is 35.5. The molecule has 0 atom stereocenters. The van der Waals surface area contributed by atoms with Gasteiger partial charge in [-0.1, -0.05) is 48.0 Å². The summed E-state index contributed by atoms with van der Waals surface area (Å²) in [7, 11) is 0. The van der Waals surface area contributed by atoms with Gasteiger partial charge < -0.3 is 14.5 Å². The number of carbonyl (C=O) groups is 1. The first-order valence-electron chi connectivity index (χ1n) is 10.0. The highest BCUT2D eigenvalue weighted by Gasteiger charge is 2.17. The van der Waals surface area contributed by atoms with E-state index in [-0.39, 0.29) is 24.4 Å². The number of aromatic nitrogens is 1. The monoisotopic (exact) mass is 455 g/mol. The van der Waals surface area contributed by atoms with Gasteiger partial charge >= 0.3 is 0 Å². The van der Waals surface area contributed by atoms with E-state index in [0.29, 0.717) is 40.5 Å². The minimum absolute atomic E-state index is 0.0172. The van der Waals surface area contributed by atoms with Crippen molar-refractivity contribution in [3.05, 3.63) is 100 Å². The molecule has 0 amide bonds. The molecule has 0 saturated heterocycles. The predicted molar refractivity (Wildman–Crippen MR) is 119 cm³/mol. The van der Waals surface area contributed by atoms with E-state index in [1.165, 1.54) is 6.20 Å². The molecule has 0 aliphatic carbocycles. The van der Waals surface area contributed by atoms with Crippen molar-refractivity contribution in [3.63, 3.8) is 0 Å². The Morgan fingerprint density at radius 2 is 1.75 bits per heavy atom. The maximum absolute atomic E-state index is 13.7. The van der Waals surface area contributed by atoms with Crippen molar-refractivity contribution in [2.24, 2.45) is 0 Å². The molecule has 0 fully saturated rings. The number of H-pyrrole nitrogens is 1. The quantitative estimate of drug-likeness (QED) is 0.244. The van der Waals surface area contributed by atoms with Crippen molar-refractivity contribution in [2.45, 2.75) is 13.0 Å². The van der Waals surface area contributed by atoms with Crippen molar-refractivity contribution in [2.75, 3.05) is 13.2 Å². The molecule has 0 aliphatic rings. The summed E-state index contributed by atoms with van der Waals surface area (Å²) in [5.41, 5.74) is 2.34.